The minimum Gasteiger partial charge on any atom is -0.467 e. The van der Waals surface area contributed by atoms with Gasteiger partial charge in [0, 0.05) is 46.8 Å². The maximum atomic E-state index is 13.1. The van der Waals surface area contributed by atoms with E-state index >= 15 is 0 Å². The van der Waals surface area contributed by atoms with Gasteiger partial charge in [-0.05, 0) is 53.1 Å². The van der Waals surface area contributed by atoms with E-state index in [-0.39, 0.29) is 37.1 Å². The van der Waals surface area contributed by atoms with Crippen molar-refractivity contribution in [3.05, 3.63) is 125 Å². The Morgan fingerprint density at radius 1 is 0.837 bits per heavy atom. The molecule has 10 nitrogen and oxygen atoms in total. The van der Waals surface area contributed by atoms with Crippen LogP contribution >= 0.6 is 11.8 Å². The fraction of sp³-hybridized carbons (Fsp3) is 0.289. The molecule has 256 valence electrons. The molecule has 11 heteroatoms. The van der Waals surface area contributed by atoms with Gasteiger partial charge in [-0.25, -0.2) is 9.59 Å². The number of rotatable bonds is 12. The Morgan fingerprint density at radius 2 is 1.57 bits per heavy atom. The minimum atomic E-state index is -0.875. The van der Waals surface area contributed by atoms with Crippen LogP contribution in [0.2, 0.25) is 0 Å². The molecular formula is C38H41N3O7S. The maximum absolute atomic E-state index is 13.1. The van der Waals surface area contributed by atoms with E-state index in [1.54, 1.807) is 23.9 Å². The van der Waals surface area contributed by atoms with Gasteiger partial charge in [0.1, 0.15) is 6.04 Å². The number of aliphatic hydroxyl groups excluding tert-OH is 1. The number of methoxy groups -OCH3 is 1. The van der Waals surface area contributed by atoms with Crippen LogP contribution in [0.25, 0.3) is 0 Å². The first-order valence-corrected chi connectivity index (χ1v) is 17.0. The second-order valence-electron chi connectivity index (χ2n) is 11.8. The van der Waals surface area contributed by atoms with E-state index < -0.39 is 24.3 Å². The van der Waals surface area contributed by atoms with Gasteiger partial charge < -0.3 is 35.3 Å². The van der Waals surface area contributed by atoms with Crippen LogP contribution < -0.4 is 16.0 Å². The Morgan fingerprint density at radius 3 is 2.24 bits per heavy atom. The molecule has 1 heterocycles. The zero-order chi connectivity index (χ0) is 34.8. The van der Waals surface area contributed by atoms with Gasteiger partial charge in [-0.1, -0.05) is 73.7 Å². The average molecular weight is 684 g/mol. The second kappa shape index (κ2) is 17.1. The molecule has 4 aromatic carbocycles. The Bertz CT molecular complexity index is 1700. The lowest BCUT2D eigenvalue weighted by molar-refractivity contribution is -0.268. The first-order chi connectivity index (χ1) is 23.7. The summed E-state index contributed by atoms with van der Waals surface area (Å²) in [5, 5.41) is 17.9. The molecule has 3 amide bonds. The molecule has 1 fully saturated rings. The summed E-state index contributed by atoms with van der Waals surface area (Å²) < 4.78 is 18.1. The number of nitrogens with one attached hydrogen (secondary N) is 3. The standard InChI is InChI=1S/C38H41N3O7S/c1-24-34(23-49-32-18-16-30(17-19-32)39-25(2)43)47-37(48-35(24)28-14-12-27(22-42)13-15-28)29-10-7-11-31(21-29)40-38(45)41-33(36(44)46-3)20-26-8-5-4-6-9-26/h4-19,21,24,33-35,37,42H,20,22-23H2,1-3H3,(H,39,43)(H2,40,41,45)/t24-,33-,34+,35+,37+/m0/s1. The van der Waals surface area contributed by atoms with E-state index in [2.05, 4.69) is 22.9 Å². The Balaban J connectivity index is 1.31. The lowest BCUT2D eigenvalue weighted by Crippen LogP contribution is -2.45. The largest absolute Gasteiger partial charge is 0.467 e. The number of thioether (sulfide) groups is 1. The number of ether oxygens (including phenoxy) is 3. The summed E-state index contributed by atoms with van der Waals surface area (Å²) in [5.41, 5.74) is 4.61. The van der Waals surface area contributed by atoms with Gasteiger partial charge in [0.25, 0.3) is 0 Å². The second-order valence-corrected chi connectivity index (χ2v) is 12.9. The van der Waals surface area contributed by atoms with Gasteiger partial charge >= 0.3 is 12.0 Å². The lowest BCUT2D eigenvalue weighted by Gasteiger charge is -2.41. The average Bonchev–Trinajstić information content (AvgIpc) is 3.11. The first kappa shape index (κ1) is 35.6. The number of carbonyl (C=O) groups excluding carboxylic acids is 3. The molecule has 0 aromatic heterocycles. The molecule has 1 saturated heterocycles. The minimum absolute atomic E-state index is 0.0191. The number of esters is 1. The number of hydrogen-bond donors (Lipinski definition) is 4. The molecule has 5 rings (SSSR count). The van der Waals surface area contributed by atoms with Gasteiger partial charge in [0.15, 0.2) is 6.29 Å². The third-order valence-electron chi connectivity index (χ3n) is 8.20. The molecule has 0 radical (unpaired) electrons. The summed E-state index contributed by atoms with van der Waals surface area (Å²) in [4.78, 5) is 38.0. The number of benzene rings is 4. The van der Waals surface area contributed by atoms with E-state index in [1.165, 1.54) is 14.0 Å². The molecular weight excluding hydrogens is 642 g/mol. The topological polar surface area (TPSA) is 135 Å². The van der Waals surface area contributed by atoms with Crippen molar-refractivity contribution in [2.45, 2.75) is 56.3 Å². The molecule has 0 bridgehead atoms. The van der Waals surface area contributed by atoms with Crippen molar-refractivity contribution in [2.75, 3.05) is 23.5 Å². The quantitative estimate of drug-likeness (QED) is 0.0966. The highest BCUT2D eigenvalue weighted by atomic mass is 32.2. The lowest BCUT2D eigenvalue weighted by atomic mass is 9.91. The summed E-state index contributed by atoms with van der Waals surface area (Å²) in [6, 6.07) is 30.6. The monoisotopic (exact) mass is 683 g/mol. The van der Waals surface area contributed by atoms with Crippen molar-refractivity contribution in [1.29, 1.82) is 0 Å². The summed E-state index contributed by atoms with van der Waals surface area (Å²) in [6.07, 6.45) is -0.974. The van der Waals surface area contributed by atoms with Crippen LogP contribution in [0, 0.1) is 5.92 Å². The number of hydrogen-bond acceptors (Lipinski definition) is 8. The van der Waals surface area contributed by atoms with Crippen molar-refractivity contribution in [2.24, 2.45) is 5.92 Å². The van der Waals surface area contributed by atoms with Crippen LogP contribution in [0.1, 0.15) is 48.5 Å². The van der Waals surface area contributed by atoms with Gasteiger partial charge in [-0.2, -0.15) is 0 Å². The molecule has 0 saturated carbocycles. The van der Waals surface area contributed by atoms with E-state index in [9.17, 15) is 19.5 Å². The fourth-order valence-electron chi connectivity index (χ4n) is 5.60. The Labute approximate surface area is 290 Å². The van der Waals surface area contributed by atoms with Gasteiger partial charge in [-0.3, -0.25) is 4.79 Å². The van der Waals surface area contributed by atoms with Crippen LogP contribution in [0.15, 0.2) is 108 Å². The van der Waals surface area contributed by atoms with Crippen molar-refractivity contribution < 1.29 is 33.7 Å². The molecule has 49 heavy (non-hydrogen) atoms. The third-order valence-corrected chi connectivity index (χ3v) is 9.30. The summed E-state index contributed by atoms with van der Waals surface area (Å²) in [5.74, 6) is -0.0456. The zero-order valence-corrected chi connectivity index (χ0v) is 28.4. The summed E-state index contributed by atoms with van der Waals surface area (Å²) >= 11 is 1.65. The Hall–Kier alpha value is -4.68. The summed E-state index contributed by atoms with van der Waals surface area (Å²) in [6.45, 7) is 3.53. The smallest absolute Gasteiger partial charge is 0.328 e. The Kier molecular flexibility index (Phi) is 12.4. The van der Waals surface area contributed by atoms with E-state index in [4.69, 9.17) is 14.2 Å². The van der Waals surface area contributed by atoms with Crippen molar-refractivity contribution in [3.8, 4) is 0 Å². The normalized spacial score (nSPS) is 19.3. The van der Waals surface area contributed by atoms with Gasteiger partial charge in [0.05, 0.1) is 25.9 Å². The first-order valence-electron chi connectivity index (χ1n) is 16.0. The van der Waals surface area contributed by atoms with Gasteiger partial charge in [0.2, 0.25) is 5.91 Å². The molecule has 1 aliphatic rings. The van der Waals surface area contributed by atoms with Gasteiger partial charge in [-0.15, -0.1) is 11.8 Å². The summed E-state index contributed by atoms with van der Waals surface area (Å²) in [7, 11) is 1.29. The number of carbonyl (C=O) groups is 3. The third kappa shape index (κ3) is 9.93. The van der Waals surface area contributed by atoms with Crippen molar-refractivity contribution in [3.63, 3.8) is 0 Å². The molecule has 0 aliphatic carbocycles. The van der Waals surface area contributed by atoms with Crippen LogP contribution in [-0.2, 0) is 36.8 Å². The van der Waals surface area contributed by atoms with Crippen LogP contribution in [0.4, 0.5) is 16.2 Å². The van der Waals surface area contributed by atoms with E-state index in [1.807, 2.05) is 91.0 Å². The molecule has 4 aromatic rings. The number of urea groups is 1. The molecule has 4 N–H and O–H groups in total. The SMILES string of the molecule is COC(=O)[C@H](Cc1ccccc1)NC(=O)Nc1cccc([C@@H]2O[C@H](CSc3ccc(NC(C)=O)cc3)[C@H](C)[C@H](c3ccc(CO)cc3)O2)c1. The van der Waals surface area contributed by atoms with Crippen molar-refractivity contribution >= 4 is 41.0 Å². The van der Waals surface area contributed by atoms with E-state index in [0.717, 1.165) is 27.3 Å². The predicted octanol–water partition coefficient (Wildman–Crippen LogP) is 6.63. The molecule has 5 atom stereocenters. The van der Waals surface area contributed by atoms with Crippen LogP contribution in [-0.4, -0.2) is 48.0 Å². The molecule has 0 unspecified atom stereocenters. The number of anilines is 2. The highest BCUT2D eigenvalue weighted by Gasteiger charge is 2.38. The number of aliphatic hydroxyl groups is 1. The molecule has 1 aliphatic heterocycles. The highest BCUT2D eigenvalue weighted by Crippen LogP contribution is 2.43. The highest BCUT2D eigenvalue weighted by molar-refractivity contribution is 7.99. The van der Waals surface area contributed by atoms with Crippen molar-refractivity contribution in [1.82, 2.24) is 5.32 Å². The zero-order valence-electron chi connectivity index (χ0n) is 27.6. The molecule has 0 spiro atoms. The fourth-order valence-corrected chi connectivity index (χ4v) is 6.67. The predicted molar refractivity (Wildman–Crippen MR) is 189 cm³/mol. The van der Waals surface area contributed by atoms with E-state index in [0.29, 0.717) is 17.0 Å². The maximum Gasteiger partial charge on any atom is 0.328 e. The van der Waals surface area contributed by atoms with Crippen LogP contribution in [0.3, 0.4) is 0 Å². The van der Waals surface area contributed by atoms with Crippen LogP contribution in [0.5, 0.6) is 0 Å². The number of amides is 3.